The number of hydrogen-bond donors (Lipinski definition) is 2. The standard InChI is InChI=1S/C20H23Cl2N3O3S/c1-13(2)10-19(25-29(27,28)17-8-4-14(3)5-9-17)20(26)24-23-12-15-6-7-16(21)11-18(15)22/h4-9,11-13,19,25H,10H2,1-3H3,(H,24,26)/b23-12-/t19-/m1/s1. The first-order valence-corrected chi connectivity index (χ1v) is 11.2. The maximum Gasteiger partial charge on any atom is 0.258 e. The molecule has 0 bridgehead atoms. The lowest BCUT2D eigenvalue weighted by atomic mass is 10.0. The summed E-state index contributed by atoms with van der Waals surface area (Å²) in [5.74, 6) is -0.475. The van der Waals surface area contributed by atoms with Gasteiger partial charge >= 0.3 is 0 Å². The van der Waals surface area contributed by atoms with E-state index in [1.165, 1.54) is 18.3 Å². The van der Waals surface area contributed by atoms with Gasteiger partial charge in [-0.25, -0.2) is 13.8 Å². The molecular formula is C20H23Cl2N3O3S. The second kappa shape index (κ2) is 10.2. The van der Waals surface area contributed by atoms with Crippen molar-refractivity contribution in [3.8, 4) is 0 Å². The predicted molar refractivity (Wildman–Crippen MR) is 117 cm³/mol. The first-order valence-electron chi connectivity index (χ1n) is 8.95. The van der Waals surface area contributed by atoms with Crippen LogP contribution in [-0.2, 0) is 14.8 Å². The van der Waals surface area contributed by atoms with Gasteiger partial charge in [-0.3, -0.25) is 4.79 Å². The Kier molecular flexibility index (Phi) is 8.22. The molecule has 6 nitrogen and oxygen atoms in total. The SMILES string of the molecule is Cc1ccc(S(=O)(=O)N[C@H](CC(C)C)C(=O)N/N=C\c2ccc(Cl)cc2Cl)cc1. The zero-order valence-electron chi connectivity index (χ0n) is 16.3. The molecule has 0 heterocycles. The fourth-order valence-corrected chi connectivity index (χ4v) is 4.17. The van der Waals surface area contributed by atoms with Gasteiger partial charge < -0.3 is 0 Å². The van der Waals surface area contributed by atoms with Gasteiger partial charge in [-0.15, -0.1) is 0 Å². The van der Waals surface area contributed by atoms with Crippen LogP contribution in [0.2, 0.25) is 10.0 Å². The molecule has 0 saturated carbocycles. The number of halogens is 2. The monoisotopic (exact) mass is 455 g/mol. The van der Waals surface area contributed by atoms with Crippen LogP contribution in [0.4, 0.5) is 0 Å². The van der Waals surface area contributed by atoms with Crippen molar-refractivity contribution < 1.29 is 13.2 Å². The number of nitrogens with zero attached hydrogens (tertiary/aromatic N) is 1. The fraction of sp³-hybridized carbons (Fsp3) is 0.300. The summed E-state index contributed by atoms with van der Waals surface area (Å²) in [5.41, 5.74) is 3.88. The summed E-state index contributed by atoms with van der Waals surface area (Å²) in [6, 6.07) is 10.3. The number of aryl methyl sites for hydroxylation is 1. The lowest BCUT2D eigenvalue weighted by Gasteiger charge is -2.19. The van der Waals surface area contributed by atoms with Crippen LogP contribution in [0.3, 0.4) is 0 Å². The highest BCUT2D eigenvalue weighted by atomic mass is 35.5. The molecule has 2 aromatic rings. The van der Waals surface area contributed by atoms with Crippen LogP contribution in [0.15, 0.2) is 52.5 Å². The third-order valence-corrected chi connectivity index (χ3v) is 6.04. The van der Waals surface area contributed by atoms with Crippen LogP contribution in [-0.4, -0.2) is 26.6 Å². The van der Waals surface area contributed by atoms with E-state index >= 15 is 0 Å². The Bertz CT molecular complexity index is 991. The smallest absolute Gasteiger partial charge is 0.258 e. The highest BCUT2D eigenvalue weighted by molar-refractivity contribution is 7.89. The lowest BCUT2D eigenvalue weighted by Crippen LogP contribution is -2.46. The summed E-state index contributed by atoms with van der Waals surface area (Å²) in [4.78, 5) is 12.7. The van der Waals surface area contributed by atoms with Gasteiger partial charge in [0.2, 0.25) is 10.0 Å². The van der Waals surface area contributed by atoms with Crippen molar-refractivity contribution in [2.45, 2.75) is 38.1 Å². The van der Waals surface area contributed by atoms with Crippen LogP contribution in [0, 0.1) is 12.8 Å². The molecule has 0 radical (unpaired) electrons. The Morgan fingerprint density at radius 3 is 2.38 bits per heavy atom. The Morgan fingerprint density at radius 1 is 1.14 bits per heavy atom. The molecule has 0 saturated heterocycles. The van der Waals surface area contributed by atoms with E-state index in [9.17, 15) is 13.2 Å². The zero-order chi connectivity index (χ0) is 21.6. The molecule has 1 amide bonds. The van der Waals surface area contributed by atoms with Gasteiger partial charge in [0, 0.05) is 10.6 Å². The van der Waals surface area contributed by atoms with Crippen molar-refractivity contribution in [1.82, 2.24) is 10.1 Å². The van der Waals surface area contributed by atoms with E-state index in [1.54, 1.807) is 30.3 Å². The van der Waals surface area contributed by atoms with Crippen LogP contribution in [0.1, 0.15) is 31.4 Å². The van der Waals surface area contributed by atoms with Gasteiger partial charge in [0.25, 0.3) is 5.91 Å². The molecule has 0 fully saturated rings. The van der Waals surface area contributed by atoms with Crippen molar-refractivity contribution in [1.29, 1.82) is 0 Å². The number of carbonyl (C=O) groups excluding carboxylic acids is 1. The maximum absolute atomic E-state index is 12.7. The lowest BCUT2D eigenvalue weighted by molar-refractivity contribution is -0.123. The number of amides is 1. The number of benzene rings is 2. The quantitative estimate of drug-likeness (QED) is 0.462. The Hall–Kier alpha value is -1.93. The topological polar surface area (TPSA) is 87.6 Å². The summed E-state index contributed by atoms with van der Waals surface area (Å²) in [5, 5.41) is 4.76. The normalized spacial score (nSPS) is 13.0. The number of carbonyl (C=O) groups is 1. The average Bonchev–Trinajstić information content (AvgIpc) is 2.62. The first kappa shape index (κ1) is 23.3. The maximum atomic E-state index is 12.7. The van der Waals surface area contributed by atoms with Gasteiger partial charge in [-0.05, 0) is 43.5 Å². The molecule has 2 aromatic carbocycles. The van der Waals surface area contributed by atoms with Crippen LogP contribution in [0.25, 0.3) is 0 Å². The van der Waals surface area contributed by atoms with Gasteiger partial charge in [-0.2, -0.15) is 9.82 Å². The molecule has 29 heavy (non-hydrogen) atoms. The van der Waals surface area contributed by atoms with Crippen LogP contribution >= 0.6 is 23.2 Å². The van der Waals surface area contributed by atoms with E-state index in [4.69, 9.17) is 23.2 Å². The third-order valence-electron chi connectivity index (χ3n) is 3.99. The third kappa shape index (κ3) is 7.12. The van der Waals surface area contributed by atoms with Crippen molar-refractivity contribution in [2.75, 3.05) is 0 Å². The Balaban J connectivity index is 2.13. The van der Waals surface area contributed by atoms with Gasteiger partial charge in [-0.1, -0.05) is 60.8 Å². The average molecular weight is 456 g/mol. The number of nitrogens with one attached hydrogen (secondary N) is 2. The van der Waals surface area contributed by atoms with E-state index < -0.39 is 22.0 Å². The molecule has 9 heteroatoms. The van der Waals surface area contributed by atoms with Gasteiger partial charge in [0.1, 0.15) is 6.04 Å². The molecular weight excluding hydrogens is 433 g/mol. The Morgan fingerprint density at radius 2 is 1.79 bits per heavy atom. The molecule has 0 aliphatic carbocycles. The minimum atomic E-state index is -3.85. The van der Waals surface area contributed by atoms with Crippen LogP contribution in [0.5, 0.6) is 0 Å². The molecule has 2 rings (SSSR count). The summed E-state index contributed by atoms with van der Waals surface area (Å²) in [6.45, 7) is 5.66. The molecule has 156 valence electrons. The van der Waals surface area contributed by atoms with Crippen LogP contribution < -0.4 is 10.1 Å². The second-order valence-corrected chi connectivity index (χ2v) is 9.57. The minimum absolute atomic E-state index is 0.0844. The van der Waals surface area contributed by atoms with Crippen molar-refractivity contribution >= 4 is 45.3 Å². The number of rotatable bonds is 8. The fourth-order valence-electron chi connectivity index (χ4n) is 2.50. The van der Waals surface area contributed by atoms with Gasteiger partial charge in [0.05, 0.1) is 16.1 Å². The largest absolute Gasteiger partial charge is 0.271 e. The number of sulfonamides is 1. The second-order valence-electron chi connectivity index (χ2n) is 7.02. The molecule has 0 aromatic heterocycles. The predicted octanol–water partition coefficient (Wildman–Crippen LogP) is 4.15. The highest BCUT2D eigenvalue weighted by Gasteiger charge is 2.26. The van der Waals surface area contributed by atoms with E-state index in [-0.39, 0.29) is 10.8 Å². The van der Waals surface area contributed by atoms with Crippen molar-refractivity contribution in [3.63, 3.8) is 0 Å². The number of hydrogen-bond acceptors (Lipinski definition) is 4. The van der Waals surface area contributed by atoms with Gasteiger partial charge in [0.15, 0.2) is 0 Å². The first-order chi connectivity index (χ1) is 13.6. The highest BCUT2D eigenvalue weighted by Crippen LogP contribution is 2.19. The number of hydrazone groups is 1. The molecule has 1 atom stereocenters. The van der Waals surface area contributed by atoms with Crippen molar-refractivity contribution in [2.24, 2.45) is 11.0 Å². The Labute approximate surface area is 181 Å². The zero-order valence-corrected chi connectivity index (χ0v) is 18.6. The minimum Gasteiger partial charge on any atom is -0.271 e. The molecule has 0 unspecified atom stereocenters. The van der Waals surface area contributed by atoms with E-state index in [2.05, 4.69) is 15.2 Å². The summed E-state index contributed by atoms with van der Waals surface area (Å²) in [7, 11) is -3.85. The summed E-state index contributed by atoms with van der Waals surface area (Å²) >= 11 is 11.9. The van der Waals surface area contributed by atoms with E-state index in [0.29, 0.717) is 22.0 Å². The van der Waals surface area contributed by atoms with E-state index in [0.717, 1.165) is 5.56 Å². The summed E-state index contributed by atoms with van der Waals surface area (Å²) in [6.07, 6.45) is 1.69. The van der Waals surface area contributed by atoms with E-state index in [1.807, 2.05) is 20.8 Å². The molecule has 0 spiro atoms. The van der Waals surface area contributed by atoms with Crippen molar-refractivity contribution in [3.05, 3.63) is 63.6 Å². The molecule has 2 N–H and O–H groups in total. The molecule has 0 aliphatic heterocycles. The summed E-state index contributed by atoms with van der Waals surface area (Å²) < 4.78 is 27.8. The molecule has 0 aliphatic rings.